The Labute approximate surface area is 376 Å². The van der Waals surface area contributed by atoms with Crippen LogP contribution in [0, 0.1) is 27.0 Å². The number of fused-ring (bicyclic) bond motifs is 2. The molecule has 63 heavy (non-hydrogen) atoms. The lowest BCUT2D eigenvalue weighted by Crippen LogP contribution is -2.42. The van der Waals surface area contributed by atoms with E-state index in [1.807, 2.05) is 49.2 Å². The largest absolute Gasteiger partial charge is 0.396 e. The highest BCUT2D eigenvalue weighted by atomic mass is 35.5. The smallest absolute Gasteiger partial charge is 0.264 e. The number of pyridine rings is 2. The highest BCUT2D eigenvalue weighted by Gasteiger charge is 2.27. The molecule has 328 valence electrons. The van der Waals surface area contributed by atoms with E-state index in [0.717, 1.165) is 87.2 Å². The van der Waals surface area contributed by atoms with Crippen LogP contribution < -0.4 is 11.5 Å². The van der Waals surface area contributed by atoms with E-state index in [0.29, 0.717) is 58.8 Å². The predicted molar refractivity (Wildman–Crippen MR) is 249 cm³/mol. The summed E-state index contributed by atoms with van der Waals surface area (Å²) in [5, 5.41) is 2.82. The van der Waals surface area contributed by atoms with Crippen molar-refractivity contribution in [1.82, 2.24) is 29.3 Å². The summed E-state index contributed by atoms with van der Waals surface area (Å²) >= 11 is 12.8. The Hall–Kier alpha value is -6.17. The van der Waals surface area contributed by atoms with Crippen molar-refractivity contribution in [2.45, 2.75) is 65.5 Å². The van der Waals surface area contributed by atoms with Crippen molar-refractivity contribution in [3.8, 4) is 22.3 Å². The van der Waals surface area contributed by atoms with E-state index in [1.165, 1.54) is 19.3 Å². The SMILES string of the molecule is CC(=O)N1CCCC(OS(C)(=O)=O)C1.[C-]#[N+]c1cc2c(-c3cncc(N)c3Cl)c[nH]c2cc1C.[C-]#[N+]c1cc2c(-c3cncc(N)c3Cl)cn(C3CCCN(C(C)=O)C3)c2cc1C. The van der Waals surface area contributed by atoms with Crippen LogP contribution in [0.2, 0.25) is 10.0 Å². The van der Waals surface area contributed by atoms with Crippen molar-refractivity contribution in [1.29, 1.82) is 0 Å². The summed E-state index contributed by atoms with van der Waals surface area (Å²) < 4.78 is 28.8. The second-order valence-corrected chi connectivity index (χ2v) is 18.0. The number of carbonyl (C=O) groups excluding carboxylic acids is 2. The molecule has 2 amide bonds. The Morgan fingerprint density at radius 1 is 0.794 bits per heavy atom. The first kappa shape index (κ1) is 46.3. The molecular weight excluding hydrogens is 864 g/mol. The summed E-state index contributed by atoms with van der Waals surface area (Å²) in [4.78, 5) is 45.2. The number of benzene rings is 2. The molecule has 6 aromatic rings. The van der Waals surface area contributed by atoms with Crippen molar-refractivity contribution in [3.05, 3.63) is 105 Å². The van der Waals surface area contributed by atoms with Crippen LogP contribution in [0.1, 0.15) is 56.7 Å². The zero-order valence-electron chi connectivity index (χ0n) is 35.6. The number of hydrogen-bond donors (Lipinski definition) is 3. The normalized spacial score (nSPS) is 16.3. The molecule has 4 aromatic heterocycles. The number of carbonyl (C=O) groups is 2. The van der Waals surface area contributed by atoms with Crippen LogP contribution in [0.25, 0.3) is 53.7 Å². The van der Waals surface area contributed by atoms with Gasteiger partial charge in [-0.25, -0.2) is 9.69 Å². The molecule has 0 spiro atoms. The van der Waals surface area contributed by atoms with E-state index in [2.05, 4.69) is 35.4 Å². The van der Waals surface area contributed by atoms with Crippen LogP contribution in [0.15, 0.2) is 61.4 Å². The number of hydrogen-bond acceptors (Lipinski definition) is 9. The third kappa shape index (κ3) is 10.6. The molecule has 2 aliphatic rings. The van der Waals surface area contributed by atoms with Crippen molar-refractivity contribution >= 4 is 89.7 Å². The first-order valence-corrected chi connectivity index (χ1v) is 22.7. The number of anilines is 2. The minimum absolute atomic E-state index is 0.0354. The van der Waals surface area contributed by atoms with Crippen molar-refractivity contribution < 1.29 is 22.2 Å². The summed E-state index contributed by atoms with van der Waals surface area (Å²) in [5.41, 5.74) is 21.0. The van der Waals surface area contributed by atoms with Gasteiger partial charge in [0.15, 0.2) is 11.4 Å². The van der Waals surface area contributed by atoms with Crippen LogP contribution in [0.4, 0.5) is 22.7 Å². The maximum atomic E-state index is 11.9. The summed E-state index contributed by atoms with van der Waals surface area (Å²) in [5.74, 6) is 0.0627. The number of nitrogen functional groups attached to an aromatic ring is 2. The number of aromatic nitrogens is 4. The van der Waals surface area contributed by atoms with Gasteiger partial charge in [-0.3, -0.25) is 23.7 Å². The molecular formula is C45H48Cl2N10O5S. The van der Waals surface area contributed by atoms with Gasteiger partial charge < -0.3 is 30.8 Å². The maximum Gasteiger partial charge on any atom is 0.264 e. The first-order chi connectivity index (χ1) is 29.9. The van der Waals surface area contributed by atoms with E-state index in [4.69, 9.17) is 52.0 Å². The Morgan fingerprint density at radius 3 is 1.90 bits per heavy atom. The molecule has 0 radical (unpaired) electrons. The highest BCUT2D eigenvalue weighted by molar-refractivity contribution is 7.86. The quantitative estimate of drug-likeness (QED) is 0.112. The van der Waals surface area contributed by atoms with E-state index < -0.39 is 10.1 Å². The standard InChI is InChI=1S/C22H22ClN5O.C15H11ClN4.C8H15NO4S/c1-13-7-21-16(8-20(13)25-3)18(17-9-26-10-19(24)22(17)23)12-28(21)15-5-4-6-27(11-15)14(2)29;1-8-3-14-9(4-13(8)18-2)10(6-20-14)11-5-19-7-12(17)15(11)16;1-7(10)9-5-3-4-8(6-9)13-14(2,11)12/h7-10,12,15H,4-6,11,24H2,1-2H3;3-7,20H,17H2,1H3;8H,3-6H2,1-2H3. The third-order valence-electron chi connectivity index (χ3n) is 11.2. The molecule has 15 nitrogen and oxygen atoms in total. The second kappa shape index (κ2) is 19.5. The van der Waals surface area contributed by atoms with Gasteiger partial charge in [0.25, 0.3) is 10.1 Å². The van der Waals surface area contributed by atoms with Crippen LogP contribution in [-0.2, 0) is 23.9 Å². The molecule has 2 unspecified atom stereocenters. The van der Waals surface area contributed by atoms with Gasteiger partial charge in [0, 0.05) is 98.1 Å². The molecule has 2 fully saturated rings. The molecule has 0 bridgehead atoms. The molecule has 2 saturated heterocycles. The number of nitrogens with zero attached hydrogens (tertiary/aromatic N) is 7. The number of nitrogens with one attached hydrogen (secondary N) is 1. The maximum absolute atomic E-state index is 11.9. The van der Waals surface area contributed by atoms with E-state index in [9.17, 15) is 18.0 Å². The number of amides is 2. The third-order valence-corrected chi connectivity index (χ3v) is 12.6. The second-order valence-electron chi connectivity index (χ2n) is 15.7. The average Bonchev–Trinajstić information content (AvgIpc) is 3.82. The van der Waals surface area contributed by atoms with Crippen LogP contribution in [-0.4, -0.2) is 88.1 Å². The average molecular weight is 912 g/mol. The Morgan fingerprint density at radius 2 is 1.33 bits per heavy atom. The lowest BCUT2D eigenvalue weighted by Gasteiger charge is -2.33. The molecule has 2 aliphatic heterocycles. The monoisotopic (exact) mass is 910 g/mol. The minimum atomic E-state index is -3.41. The number of likely N-dealkylation sites (tertiary alicyclic amines) is 2. The zero-order valence-corrected chi connectivity index (χ0v) is 37.9. The van der Waals surface area contributed by atoms with Crippen LogP contribution in [0.3, 0.4) is 0 Å². The fourth-order valence-corrected chi connectivity index (χ4v) is 9.00. The van der Waals surface area contributed by atoms with E-state index >= 15 is 0 Å². The molecule has 8 rings (SSSR count). The fraction of sp³-hybridized carbons (Fsp3) is 0.333. The van der Waals surface area contributed by atoms with Gasteiger partial charge in [-0.15, -0.1) is 0 Å². The first-order valence-electron chi connectivity index (χ1n) is 20.1. The molecule has 0 saturated carbocycles. The van der Waals surface area contributed by atoms with Gasteiger partial charge >= 0.3 is 0 Å². The Kier molecular flexibility index (Phi) is 14.3. The van der Waals surface area contributed by atoms with Crippen LogP contribution in [0.5, 0.6) is 0 Å². The fourth-order valence-electron chi connectivity index (χ4n) is 7.95. The van der Waals surface area contributed by atoms with Gasteiger partial charge in [0.05, 0.1) is 65.4 Å². The number of rotatable bonds is 5. The van der Waals surface area contributed by atoms with E-state index in [-0.39, 0.29) is 24.0 Å². The van der Waals surface area contributed by atoms with Crippen molar-refractivity contribution in [2.24, 2.45) is 0 Å². The lowest BCUT2D eigenvalue weighted by atomic mass is 10.0. The van der Waals surface area contributed by atoms with Gasteiger partial charge in [-0.05, 0) is 85.7 Å². The summed E-state index contributed by atoms with van der Waals surface area (Å²) in [6.07, 6.45) is 14.4. The molecule has 0 aliphatic carbocycles. The number of piperidine rings is 2. The van der Waals surface area contributed by atoms with Gasteiger partial charge in [0.2, 0.25) is 11.8 Å². The lowest BCUT2D eigenvalue weighted by molar-refractivity contribution is -0.131. The molecule has 6 heterocycles. The highest BCUT2D eigenvalue weighted by Crippen LogP contribution is 2.42. The van der Waals surface area contributed by atoms with Gasteiger partial charge in [-0.2, -0.15) is 8.42 Å². The Bertz CT molecular complexity index is 2920. The number of nitrogens with two attached hydrogens (primary N) is 2. The van der Waals surface area contributed by atoms with Gasteiger partial charge in [-0.1, -0.05) is 23.2 Å². The molecule has 5 N–H and O–H groups in total. The van der Waals surface area contributed by atoms with Crippen molar-refractivity contribution in [3.63, 3.8) is 0 Å². The number of aromatic amines is 1. The molecule has 2 aromatic carbocycles. The Balaban J connectivity index is 0.000000169. The van der Waals surface area contributed by atoms with Gasteiger partial charge in [0.1, 0.15) is 0 Å². The van der Waals surface area contributed by atoms with E-state index in [1.54, 1.807) is 24.2 Å². The van der Waals surface area contributed by atoms with Crippen molar-refractivity contribution in [2.75, 3.05) is 43.9 Å². The summed E-state index contributed by atoms with van der Waals surface area (Å²) in [7, 11) is -3.41. The minimum Gasteiger partial charge on any atom is -0.396 e. The number of H-pyrrole nitrogens is 1. The topological polar surface area (TPSA) is 191 Å². The van der Waals surface area contributed by atoms with Crippen LogP contribution >= 0.6 is 23.2 Å². The number of aryl methyl sites for hydroxylation is 2. The number of halogens is 2. The predicted octanol–water partition coefficient (Wildman–Crippen LogP) is 9.28. The summed E-state index contributed by atoms with van der Waals surface area (Å²) in [6.45, 7) is 24.2. The molecule has 18 heteroatoms. The zero-order chi connectivity index (χ0) is 45.7. The summed E-state index contributed by atoms with van der Waals surface area (Å²) in [6, 6.07) is 7.94. The molecule has 2 atom stereocenters.